The molecule has 0 unspecified atom stereocenters. The number of fused-ring (bicyclic) bond motifs is 3. The molecule has 1 aliphatic rings. The predicted molar refractivity (Wildman–Crippen MR) is 142 cm³/mol. The summed E-state index contributed by atoms with van der Waals surface area (Å²) in [5.41, 5.74) is 3.40. The van der Waals surface area contributed by atoms with Crippen LogP contribution in [-0.4, -0.2) is 36.7 Å². The zero-order valence-electron chi connectivity index (χ0n) is 20.1. The van der Waals surface area contributed by atoms with E-state index in [-0.39, 0.29) is 18.0 Å². The third kappa shape index (κ3) is 4.53. The van der Waals surface area contributed by atoms with Crippen molar-refractivity contribution in [1.29, 1.82) is 0 Å². The van der Waals surface area contributed by atoms with Gasteiger partial charge >= 0.3 is 0 Å². The molecule has 0 spiro atoms. The van der Waals surface area contributed by atoms with Gasteiger partial charge in [0.15, 0.2) is 0 Å². The van der Waals surface area contributed by atoms with Gasteiger partial charge in [-0.15, -0.1) is 11.3 Å². The third-order valence-electron chi connectivity index (χ3n) is 6.37. The summed E-state index contributed by atoms with van der Waals surface area (Å²) in [6, 6.07) is 15.0. The summed E-state index contributed by atoms with van der Waals surface area (Å²) in [4.78, 5) is 35.8. The van der Waals surface area contributed by atoms with E-state index in [1.165, 1.54) is 9.44 Å². The van der Waals surface area contributed by atoms with Crippen molar-refractivity contribution in [2.24, 2.45) is 0 Å². The van der Waals surface area contributed by atoms with Crippen molar-refractivity contribution in [2.75, 3.05) is 31.4 Å². The van der Waals surface area contributed by atoms with E-state index < -0.39 is 0 Å². The molecule has 0 bridgehead atoms. The molecule has 1 aliphatic carbocycles. The quantitative estimate of drug-likeness (QED) is 0.425. The van der Waals surface area contributed by atoms with Gasteiger partial charge < -0.3 is 15.0 Å². The molecule has 5 rings (SSSR count). The van der Waals surface area contributed by atoms with E-state index in [0.29, 0.717) is 22.6 Å². The number of hydrogen-bond acceptors (Lipinski definition) is 6. The Hall–Kier alpha value is -3.65. The fraction of sp³-hybridized carbons (Fsp3) is 0.296. The summed E-state index contributed by atoms with van der Waals surface area (Å²) >= 11 is 1.61. The summed E-state index contributed by atoms with van der Waals surface area (Å²) in [6.07, 6.45) is 4.06. The lowest BCUT2D eigenvalue weighted by molar-refractivity contribution is -0.116. The summed E-state index contributed by atoms with van der Waals surface area (Å²) < 4.78 is 6.89. The number of aryl methyl sites for hydroxylation is 2. The average Bonchev–Trinajstić information content (AvgIpc) is 3.24. The first kappa shape index (κ1) is 23.1. The molecular weight excluding hydrogens is 460 g/mol. The first-order valence-electron chi connectivity index (χ1n) is 11.7. The van der Waals surface area contributed by atoms with E-state index in [2.05, 4.69) is 5.32 Å². The second-order valence-electron chi connectivity index (χ2n) is 8.94. The largest absolute Gasteiger partial charge is 0.497 e. The Morgan fingerprint density at radius 1 is 1.14 bits per heavy atom. The highest BCUT2D eigenvalue weighted by Crippen LogP contribution is 2.35. The molecule has 1 N–H and O–H groups in total. The highest BCUT2D eigenvalue weighted by Gasteiger charge is 2.23. The van der Waals surface area contributed by atoms with E-state index in [1.54, 1.807) is 18.4 Å². The molecule has 4 aromatic rings. The van der Waals surface area contributed by atoms with Gasteiger partial charge in [0.2, 0.25) is 5.91 Å². The summed E-state index contributed by atoms with van der Waals surface area (Å²) in [5, 5.41) is 3.59. The van der Waals surface area contributed by atoms with Crippen LogP contribution in [0.5, 0.6) is 5.75 Å². The zero-order valence-corrected chi connectivity index (χ0v) is 20.9. The molecule has 7 nitrogen and oxygen atoms in total. The topological polar surface area (TPSA) is 76.5 Å². The van der Waals surface area contributed by atoms with Gasteiger partial charge in [-0.25, -0.2) is 4.98 Å². The van der Waals surface area contributed by atoms with Gasteiger partial charge in [-0.05, 0) is 67.6 Å². The van der Waals surface area contributed by atoms with Crippen molar-refractivity contribution >= 4 is 38.8 Å². The predicted octanol–water partition coefficient (Wildman–Crippen LogP) is 4.72. The molecule has 1 amide bonds. The Kier molecular flexibility index (Phi) is 6.30. The second kappa shape index (κ2) is 9.54. The van der Waals surface area contributed by atoms with Crippen molar-refractivity contribution in [3.8, 4) is 17.1 Å². The standard InChI is InChI=1S/C27H28N4O3S/c1-30(2)19-13-11-18(12-14-19)28-23(32)16-31-25(17-7-6-8-20(15-17)34-3)29-26-24(27(31)33)21-9-4-5-10-22(21)35-26/h6-8,11-15H,4-5,9-10,16H2,1-3H3,(H,28,32). The molecule has 180 valence electrons. The number of aromatic nitrogens is 2. The molecule has 8 heteroatoms. The van der Waals surface area contributed by atoms with Crippen molar-refractivity contribution in [3.05, 3.63) is 69.3 Å². The van der Waals surface area contributed by atoms with Crippen molar-refractivity contribution in [2.45, 2.75) is 32.2 Å². The third-order valence-corrected chi connectivity index (χ3v) is 7.56. The van der Waals surface area contributed by atoms with Crippen molar-refractivity contribution < 1.29 is 9.53 Å². The number of carbonyl (C=O) groups excluding carboxylic acids is 1. The molecule has 2 aromatic heterocycles. The van der Waals surface area contributed by atoms with E-state index in [4.69, 9.17) is 9.72 Å². The maximum atomic E-state index is 13.8. The van der Waals surface area contributed by atoms with Crippen LogP contribution in [0.25, 0.3) is 21.6 Å². The number of anilines is 2. The number of benzene rings is 2. The lowest BCUT2D eigenvalue weighted by atomic mass is 9.97. The minimum absolute atomic E-state index is 0.131. The minimum atomic E-state index is -0.279. The van der Waals surface area contributed by atoms with E-state index in [9.17, 15) is 9.59 Å². The Bertz CT molecular complexity index is 1450. The van der Waals surface area contributed by atoms with Crippen LogP contribution < -0.4 is 20.5 Å². The smallest absolute Gasteiger partial charge is 0.263 e. The number of nitrogens with one attached hydrogen (secondary N) is 1. The lowest BCUT2D eigenvalue weighted by Gasteiger charge is -2.15. The van der Waals surface area contributed by atoms with Gasteiger partial charge in [-0.3, -0.25) is 14.2 Å². The van der Waals surface area contributed by atoms with E-state index >= 15 is 0 Å². The molecule has 0 fully saturated rings. The van der Waals surface area contributed by atoms with E-state index in [1.807, 2.05) is 67.5 Å². The fourth-order valence-corrected chi connectivity index (χ4v) is 5.81. The van der Waals surface area contributed by atoms with Crippen LogP contribution in [0.1, 0.15) is 23.3 Å². The molecule has 0 radical (unpaired) electrons. The Morgan fingerprint density at radius 3 is 2.66 bits per heavy atom. The maximum Gasteiger partial charge on any atom is 0.263 e. The van der Waals surface area contributed by atoms with E-state index in [0.717, 1.165) is 47.3 Å². The first-order chi connectivity index (χ1) is 16.9. The maximum absolute atomic E-state index is 13.8. The van der Waals surface area contributed by atoms with Crippen LogP contribution in [0.15, 0.2) is 53.3 Å². The van der Waals surface area contributed by atoms with Gasteiger partial charge in [0, 0.05) is 35.9 Å². The monoisotopic (exact) mass is 488 g/mol. The SMILES string of the molecule is COc1cccc(-c2nc3sc4c(c3c(=O)n2CC(=O)Nc2ccc(N(C)C)cc2)CCCC4)c1. The summed E-state index contributed by atoms with van der Waals surface area (Å²) in [5.74, 6) is 0.858. The lowest BCUT2D eigenvalue weighted by Crippen LogP contribution is -2.30. The zero-order chi connectivity index (χ0) is 24.5. The minimum Gasteiger partial charge on any atom is -0.497 e. The van der Waals surface area contributed by atoms with Crippen LogP contribution >= 0.6 is 11.3 Å². The normalized spacial score (nSPS) is 12.9. The molecule has 35 heavy (non-hydrogen) atoms. The molecule has 0 atom stereocenters. The Labute approximate surface area is 208 Å². The van der Waals surface area contributed by atoms with Crippen LogP contribution in [0.2, 0.25) is 0 Å². The molecular formula is C27H28N4O3S. The first-order valence-corrected chi connectivity index (χ1v) is 12.5. The molecule has 2 heterocycles. The second-order valence-corrected chi connectivity index (χ2v) is 10.0. The van der Waals surface area contributed by atoms with Gasteiger partial charge in [0.1, 0.15) is 22.9 Å². The Morgan fingerprint density at radius 2 is 1.91 bits per heavy atom. The summed E-state index contributed by atoms with van der Waals surface area (Å²) in [7, 11) is 5.53. The molecule has 0 saturated heterocycles. The van der Waals surface area contributed by atoms with Crippen LogP contribution in [-0.2, 0) is 24.2 Å². The number of ether oxygens (including phenoxy) is 1. The van der Waals surface area contributed by atoms with Gasteiger partial charge in [-0.2, -0.15) is 0 Å². The highest BCUT2D eigenvalue weighted by molar-refractivity contribution is 7.18. The van der Waals surface area contributed by atoms with Gasteiger partial charge in [0.05, 0.1) is 12.5 Å². The number of nitrogens with zero attached hydrogens (tertiary/aromatic N) is 3. The van der Waals surface area contributed by atoms with Crippen LogP contribution in [0.3, 0.4) is 0 Å². The molecule has 0 saturated carbocycles. The van der Waals surface area contributed by atoms with Gasteiger partial charge in [-0.1, -0.05) is 12.1 Å². The van der Waals surface area contributed by atoms with Crippen LogP contribution in [0.4, 0.5) is 11.4 Å². The number of hydrogen-bond donors (Lipinski definition) is 1. The number of methoxy groups -OCH3 is 1. The molecule has 0 aliphatic heterocycles. The van der Waals surface area contributed by atoms with Crippen LogP contribution in [0, 0.1) is 0 Å². The van der Waals surface area contributed by atoms with Crippen molar-refractivity contribution in [1.82, 2.24) is 9.55 Å². The van der Waals surface area contributed by atoms with Crippen molar-refractivity contribution in [3.63, 3.8) is 0 Å². The average molecular weight is 489 g/mol. The fourth-order valence-electron chi connectivity index (χ4n) is 4.55. The summed E-state index contributed by atoms with van der Waals surface area (Å²) in [6.45, 7) is -0.131. The van der Waals surface area contributed by atoms with Gasteiger partial charge in [0.25, 0.3) is 5.56 Å². The number of thiophene rings is 1. The number of rotatable bonds is 6. The molecule has 2 aromatic carbocycles. The Balaban J connectivity index is 1.57. The number of carbonyl (C=O) groups is 1. The highest BCUT2D eigenvalue weighted by atomic mass is 32.1. The number of amides is 1.